The number of hydrogen-bond acceptors (Lipinski definition) is 2. The van der Waals surface area contributed by atoms with E-state index >= 15 is 0 Å². The molecule has 0 amide bonds. The van der Waals surface area contributed by atoms with E-state index in [1.165, 1.54) is 12.1 Å². The molecular weight excluding hydrogens is 276 g/mol. The van der Waals surface area contributed by atoms with Gasteiger partial charge in [-0.25, -0.2) is 8.78 Å². The molecule has 1 aromatic carbocycles. The second kappa shape index (κ2) is 10.1. The predicted molar refractivity (Wildman–Crippen MR) is 80.5 cm³/mol. The lowest BCUT2D eigenvalue weighted by Gasteiger charge is -2.11. The molecule has 6 heteroatoms. The lowest BCUT2D eigenvalue weighted by atomic mass is 10.1. The fourth-order valence-electron chi connectivity index (χ4n) is 1.75. The van der Waals surface area contributed by atoms with E-state index in [-0.39, 0.29) is 0 Å². The number of halogens is 2. The zero-order valence-electron chi connectivity index (χ0n) is 12.6. The molecule has 0 radical (unpaired) electrons. The minimum absolute atomic E-state index is 0.460. The van der Waals surface area contributed by atoms with Crippen molar-refractivity contribution >= 4 is 5.96 Å². The second-order valence-corrected chi connectivity index (χ2v) is 4.37. The summed E-state index contributed by atoms with van der Waals surface area (Å²) in [6.45, 7) is 6.97. The maximum Gasteiger partial charge on any atom is 0.191 e. The predicted octanol–water partition coefficient (Wildman–Crippen LogP) is 2.10. The van der Waals surface area contributed by atoms with Crippen molar-refractivity contribution in [2.75, 3.05) is 32.8 Å². The van der Waals surface area contributed by atoms with Crippen molar-refractivity contribution in [1.29, 1.82) is 0 Å². The Labute approximate surface area is 124 Å². The molecule has 1 rings (SSSR count). The molecule has 21 heavy (non-hydrogen) atoms. The third-order valence-electron chi connectivity index (χ3n) is 2.76. The number of hydrogen-bond donors (Lipinski definition) is 2. The highest BCUT2D eigenvalue weighted by Crippen LogP contribution is 2.09. The Morgan fingerprint density at radius 1 is 1.24 bits per heavy atom. The van der Waals surface area contributed by atoms with E-state index in [9.17, 15) is 8.78 Å². The van der Waals surface area contributed by atoms with Crippen molar-refractivity contribution in [3.05, 3.63) is 35.4 Å². The summed E-state index contributed by atoms with van der Waals surface area (Å²) in [5.74, 6) is -0.412. The number of aliphatic imine (C=N–C) groups is 1. The zero-order valence-corrected chi connectivity index (χ0v) is 12.6. The van der Waals surface area contributed by atoms with E-state index in [0.29, 0.717) is 44.2 Å². The minimum atomic E-state index is -0.560. The van der Waals surface area contributed by atoms with Gasteiger partial charge < -0.3 is 15.4 Å². The van der Waals surface area contributed by atoms with Gasteiger partial charge in [0.05, 0.1) is 13.2 Å². The van der Waals surface area contributed by atoms with Gasteiger partial charge in [-0.3, -0.25) is 4.99 Å². The molecule has 0 spiro atoms. The monoisotopic (exact) mass is 299 g/mol. The minimum Gasteiger partial charge on any atom is -0.380 e. The van der Waals surface area contributed by atoms with E-state index in [0.717, 1.165) is 12.6 Å². The summed E-state index contributed by atoms with van der Waals surface area (Å²) in [5, 5.41) is 6.21. The first kappa shape index (κ1) is 17.4. The molecule has 1 aromatic rings. The largest absolute Gasteiger partial charge is 0.380 e. The molecule has 0 aliphatic rings. The van der Waals surface area contributed by atoms with Crippen LogP contribution in [0.3, 0.4) is 0 Å². The van der Waals surface area contributed by atoms with Gasteiger partial charge in [-0.05, 0) is 31.9 Å². The molecule has 0 bridgehead atoms. The van der Waals surface area contributed by atoms with Crippen LogP contribution in [0.5, 0.6) is 0 Å². The van der Waals surface area contributed by atoms with Crippen LogP contribution in [-0.2, 0) is 11.2 Å². The van der Waals surface area contributed by atoms with E-state index in [1.807, 2.05) is 13.8 Å². The van der Waals surface area contributed by atoms with E-state index in [1.54, 1.807) is 0 Å². The molecule has 2 N–H and O–H groups in total. The van der Waals surface area contributed by atoms with Gasteiger partial charge in [0.15, 0.2) is 5.96 Å². The maximum atomic E-state index is 13.5. The molecule has 0 fully saturated rings. The SMILES string of the molecule is CCNC(=NCCOCC)NCCc1ccc(F)cc1F. The number of rotatable bonds is 8. The molecule has 0 aliphatic heterocycles. The number of nitrogens with zero attached hydrogens (tertiary/aromatic N) is 1. The number of benzene rings is 1. The number of nitrogens with one attached hydrogen (secondary N) is 2. The van der Waals surface area contributed by atoms with Crippen LogP contribution in [0.25, 0.3) is 0 Å². The Morgan fingerprint density at radius 2 is 2.05 bits per heavy atom. The van der Waals surface area contributed by atoms with Gasteiger partial charge in [-0.2, -0.15) is 0 Å². The Balaban J connectivity index is 2.42. The van der Waals surface area contributed by atoms with Gasteiger partial charge in [-0.1, -0.05) is 6.07 Å². The summed E-state index contributed by atoms with van der Waals surface area (Å²) in [7, 11) is 0. The molecule has 118 valence electrons. The smallest absolute Gasteiger partial charge is 0.191 e. The van der Waals surface area contributed by atoms with Crippen LogP contribution in [0.15, 0.2) is 23.2 Å². The Bertz CT molecular complexity index is 453. The Morgan fingerprint density at radius 3 is 2.71 bits per heavy atom. The van der Waals surface area contributed by atoms with Gasteiger partial charge in [0.25, 0.3) is 0 Å². The molecule has 0 aromatic heterocycles. The van der Waals surface area contributed by atoms with Crippen LogP contribution in [-0.4, -0.2) is 38.8 Å². The average molecular weight is 299 g/mol. The first-order chi connectivity index (χ1) is 10.2. The third kappa shape index (κ3) is 7.04. The van der Waals surface area contributed by atoms with Crippen LogP contribution in [0, 0.1) is 11.6 Å². The van der Waals surface area contributed by atoms with Crippen molar-refractivity contribution in [2.45, 2.75) is 20.3 Å². The van der Waals surface area contributed by atoms with E-state index in [2.05, 4.69) is 15.6 Å². The van der Waals surface area contributed by atoms with Crippen LogP contribution in [0.4, 0.5) is 8.78 Å². The van der Waals surface area contributed by atoms with Crippen molar-refractivity contribution in [2.24, 2.45) is 4.99 Å². The highest BCUT2D eigenvalue weighted by Gasteiger charge is 2.04. The summed E-state index contributed by atoms with van der Waals surface area (Å²) in [6.07, 6.45) is 0.460. The van der Waals surface area contributed by atoms with Crippen LogP contribution >= 0.6 is 0 Å². The second-order valence-electron chi connectivity index (χ2n) is 4.37. The lowest BCUT2D eigenvalue weighted by Crippen LogP contribution is -2.38. The molecule has 0 aliphatic carbocycles. The summed E-state index contributed by atoms with van der Waals surface area (Å²) in [5.41, 5.74) is 0.481. The van der Waals surface area contributed by atoms with Crippen LogP contribution in [0.1, 0.15) is 19.4 Å². The van der Waals surface area contributed by atoms with E-state index < -0.39 is 11.6 Å². The molecule has 0 unspecified atom stereocenters. The third-order valence-corrected chi connectivity index (χ3v) is 2.76. The highest BCUT2D eigenvalue weighted by atomic mass is 19.1. The number of ether oxygens (including phenoxy) is 1. The van der Waals surface area contributed by atoms with Gasteiger partial charge in [0.1, 0.15) is 11.6 Å². The van der Waals surface area contributed by atoms with Crippen LogP contribution in [0.2, 0.25) is 0 Å². The van der Waals surface area contributed by atoms with Crippen LogP contribution < -0.4 is 10.6 Å². The molecule has 0 saturated carbocycles. The van der Waals surface area contributed by atoms with Crippen molar-refractivity contribution < 1.29 is 13.5 Å². The average Bonchev–Trinajstić information content (AvgIpc) is 2.45. The molecular formula is C15H23F2N3O. The van der Waals surface area contributed by atoms with Gasteiger partial charge in [-0.15, -0.1) is 0 Å². The van der Waals surface area contributed by atoms with Crippen molar-refractivity contribution in [3.63, 3.8) is 0 Å². The standard InChI is InChI=1S/C15H23F2N3O/c1-3-18-15(20-9-10-21-4-2)19-8-7-12-5-6-13(16)11-14(12)17/h5-6,11H,3-4,7-10H2,1-2H3,(H2,18,19,20). The molecule has 4 nitrogen and oxygen atoms in total. The summed E-state index contributed by atoms with van der Waals surface area (Å²) in [6, 6.07) is 3.63. The highest BCUT2D eigenvalue weighted by molar-refractivity contribution is 5.79. The first-order valence-electron chi connectivity index (χ1n) is 7.21. The van der Waals surface area contributed by atoms with Gasteiger partial charge in [0, 0.05) is 25.8 Å². The number of guanidine groups is 1. The quantitative estimate of drug-likeness (QED) is 0.439. The van der Waals surface area contributed by atoms with Crippen molar-refractivity contribution in [3.8, 4) is 0 Å². The topological polar surface area (TPSA) is 45.7 Å². The Kier molecular flexibility index (Phi) is 8.35. The molecule has 0 atom stereocenters. The van der Waals surface area contributed by atoms with E-state index in [4.69, 9.17) is 4.74 Å². The van der Waals surface area contributed by atoms with Gasteiger partial charge in [0.2, 0.25) is 0 Å². The van der Waals surface area contributed by atoms with Crippen molar-refractivity contribution in [1.82, 2.24) is 10.6 Å². The molecule has 0 saturated heterocycles. The summed E-state index contributed by atoms with van der Waals surface area (Å²) < 4.78 is 31.5. The summed E-state index contributed by atoms with van der Waals surface area (Å²) >= 11 is 0. The zero-order chi connectivity index (χ0) is 15.5. The lowest BCUT2D eigenvalue weighted by molar-refractivity contribution is 0.155. The Hall–Kier alpha value is -1.69. The summed E-state index contributed by atoms with van der Waals surface area (Å²) in [4.78, 5) is 4.33. The first-order valence-corrected chi connectivity index (χ1v) is 7.21. The van der Waals surface area contributed by atoms with Gasteiger partial charge >= 0.3 is 0 Å². The normalized spacial score (nSPS) is 11.5. The maximum absolute atomic E-state index is 13.5. The fraction of sp³-hybridized carbons (Fsp3) is 0.533. The molecule has 0 heterocycles. The fourth-order valence-corrected chi connectivity index (χ4v) is 1.75.